The quantitative estimate of drug-likeness (QED) is 0.612. The number of phenols is 1. The van der Waals surface area contributed by atoms with Gasteiger partial charge in [0.1, 0.15) is 5.75 Å². The van der Waals surface area contributed by atoms with E-state index in [0.717, 1.165) is 18.5 Å². The molecule has 1 aromatic carbocycles. The van der Waals surface area contributed by atoms with Gasteiger partial charge >= 0.3 is 0 Å². The van der Waals surface area contributed by atoms with Crippen molar-refractivity contribution in [1.82, 2.24) is 10.3 Å². The van der Waals surface area contributed by atoms with Crippen LogP contribution in [0.25, 0.3) is 10.9 Å². The van der Waals surface area contributed by atoms with E-state index in [1.54, 1.807) is 12.1 Å². The zero-order valence-electron chi connectivity index (χ0n) is 8.67. The van der Waals surface area contributed by atoms with Gasteiger partial charge < -0.3 is 15.4 Å². The van der Waals surface area contributed by atoms with Gasteiger partial charge in [0.15, 0.2) is 0 Å². The molecule has 2 aromatic rings. The Morgan fingerprint density at radius 3 is 3.13 bits per heavy atom. The van der Waals surface area contributed by atoms with E-state index in [1.165, 1.54) is 16.6 Å². The molecule has 78 valence electrons. The number of aromatic hydroxyl groups is 1. The molecule has 15 heavy (non-hydrogen) atoms. The molecule has 0 unspecified atom stereocenters. The number of aromatic nitrogens is 1. The average molecular weight is 202 g/mol. The van der Waals surface area contributed by atoms with Crippen LogP contribution in [0, 0.1) is 0 Å². The van der Waals surface area contributed by atoms with Crippen LogP contribution in [0.2, 0.25) is 0 Å². The van der Waals surface area contributed by atoms with Crippen LogP contribution in [0.15, 0.2) is 18.2 Å². The second-order valence-electron chi connectivity index (χ2n) is 4.17. The summed E-state index contributed by atoms with van der Waals surface area (Å²) in [7, 11) is 0. The van der Waals surface area contributed by atoms with Gasteiger partial charge in [0.25, 0.3) is 0 Å². The molecule has 0 amide bonds. The van der Waals surface area contributed by atoms with Crippen LogP contribution in [-0.2, 0) is 6.42 Å². The van der Waals surface area contributed by atoms with E-state index in [9.17, 15) is 5.11 Å². The van der Waals surface area contributed by atoms with Crippen molar-refractivity contribution in [2.24, 2.45) is 0 Å². The van der Waals surface area contributed by atoms with Gasteiger partial charge in [-0.3, -0.25) is 0 Å². The van der Waals surface area contributed by atoms with Gasteiger partial charge in [-0.15, -0.1) is 0 Å². The van der Waals surface area contributed by atoms with Crippen LogP contribution < -0.4 is 5.32 Å². The Morgan fingerprint density at radius 2 is 2.27 bits per heavy atom. The van der Waals surface area contributed by atoms with Gasteiger partial charge in [-0.1, -0.05) is 0 Å². The van der Waals surface area contributed by atoms with Crippen LogP contribution in [0.5, 0.6) is 5.75 Å². The van der Waals surface area contributed by atoms with Gasteiger partial charge in [0, 0.05) is 28.7 Å². The lowest BCUT2D eigenvalue weighted by Gasteiger charge is -2.20. The highest BCUT2D eigenvalue weighted by molar-refractivity contribution is 5.86. The molecule has 0 saturated carbocycles. The van der Waals surface area contributed by atoms with Crippen LogP contribution in [0.4, 0.5) is 0 Å². The number of hydrogen-bond donors (Lipinski definition) is 3. The Kier molecular flexibility index (Phi) is 1.76. The standard InChI is InChI=1S/C12H14N2O/c1-7-12-10(4-5-13-7)9-3-2-8(15)6-11(9)14-12/h2-3,6-7,13-15H,4-5H2,1H3/t7-/m1/s1. The number of fused-ring (bicyclic) bond motifs is 3. The van der Waals surface area contributed by atoms with Gasteiger partial charge in [-0.05, 0) is 37.6 Å². The lowest BCUT2D eigenvalue weighted by molar-refractivity contribution is 0.476. The average Bonchev–Trinajstić information content (AvgIpc) is 2.57. The summed E-state index contributed by atoms with van der Waals surface area (Å²) in [6.07, 6.45) is 1.06. The van der Waals surface area contributed by atoms with E-state index in [2.05, 4.69) is 17.2 Å². The molecular formula is C12H14N2O. The minimum absolute atomic E-state index is 0.321. The predicted octanol–water partition coefficient (Wildman–Crippen LogP) is 2.08. The minimum Gasteiger partial charge on any atom is -0.508 e. The van der Waals surface area contributed by atoms with Crippen LogP contribution >= 0.6 is 0 Å². The van der Waals surface area contributed by atoms with Crippen molar-refractivity contribution in [3.8, 4) is 5.75 Å². The lowest BCUT2D eigenvalue weighted by Crippen LogP contribution is -2.27. The first kappa shape index (κ1) is 8.80. The fraction of sp³-hybridized carbons (Fsp3) is 0.333. The molecule has 3 heteroatoms. The van der Waals surface area contributed by atoms with Crippen molar-refractivity contribution in [3.05, 3.63) is 29.5 Å². The molecule has 3 rings (SSSR count). The Balaban J connectivity index is 2.30. The first-order valence-electron chi connectivity index (χ1n) is 5.32. The number of rotatable bonds is 0. The van der Waals surface area contributed by atoms with E-state index >= 15 is 0 Å². The largest absolute Gasteiger partial charge is 0.508 e. The molecule has 0 aliphatic carbocycles. The highest BCUT2D eigenvalue weighted by atomic mass is 16.3. The Morgan fingerprint density at radius 1 is 1.40 bits per heavy atom. The van der Waals surface area contributed by atoms with Crippen molar-refractivity contribution in [1.29, 1.82) is 0 Å². The minimum atomic E-state index is 0.321. The van der Waals surface area contributed by atoms with Crippen molar-refractivity contribution in [3.63, 3.8) is 0 Å². The number of benzene rings is 1. The topological polar surface area (TPSA) is 48.0 Å². The third-order valence-corrected chi connectivity index (χ3v) is 3.18. The van der Waals surface area contributed by atoms with Crippen molar-refractivity contribution < 1.29 is 5.11 Å². The molecule has 0 fully saturated rings. The SMILES string of the molecule is C[C@H]1NCCc2c1[nH]c1cc(O)ccc21. The third-order valence-electron chi connectivity index (χ3n) is 3.18. The summed E-state index contributed by atoms with van der Waals surface area (Å²) in [5.41, 5.74) is 3.70. The van der Waals surface area contributed by atoms with Gasteiger partial charge in [-0.2, -0.15) is 0 Å². The number of nitrogens with one attached hydrogen (secondary N) is 2. The Bertz CT molecular complexity index is 516. The second kappa shape index (κ2) is 3.00. The third kappa shape index (κ3) is 1.23. The van der Waals surface area contributed by atoms with Crippen molar-refractivity contribution >= 4 is 10.9 Å². The summed E-state index contributed by atoms with van der Waals surface area (Å²) in [6, 6.07) is 5.92. The maximum absolute atomic E-state index is 9.42. The number of H-pyrrole nitrogens is 1. The number of hydrogen-bond acceptors (Lipinski definition) is 2. The molecule has 1 aliphatic rings. The summed E-state index contributed by atoms with van der Waals surface area (Å²) in [4.78, 5) is 3.38. The molecule has 0 spiro atoms. The summed E-state index contributed by atoms with van der Waals surface area (Å²) in [5, 5.41) is 14.1. The monoisotopic (exact) mass is 202 g/mol. The maximum Gasteiger partial charge on any atom is 0.117 e. The zero-order valence-corrected chi connectivity index (χ0v) is 8.67. The van der Waals surface area contributed by atoms with Crippen LogP contribution in [-0.4, -0.2) is 16.6 Å². The Hall–Kier alpha value is -1.48. The van der Waals surface area contributed by atoms with Crippen LogP contribution in [0.3, 0.4) is 0 Å². The van der Waals surface area contributed by atoms with E-state index < -0.39 is 0 Å². The van der Waals surface area contributed by atoms with Crippen LogP contribution in [0.1, 0.15) is 24.2 Å². The van der Waals surface area contributed by atoms with Gasteiger partial charge in [0.05, 0.1) is 0 Å². The fourth-order valence-electron chi connectivity index (χ4n) is 2.42. The predicted molar refractivity (Wildman–Crippen MR) is 60.1 cm³/mol. The fourth-order valence-corrected chi connectivity index (χ4v) is 2.42. The Labute approximate surface area is 88.1 Å². The molecule has 0 bridgehead atoms. The normalized spacial score (nSPS) is 20.5. The summed E-state index contributed by atoms with van der Waals surface area (Å²) < 4.78 is 0. The molecule has 3 N–H and O–H groups in total. The maximum atomic E-state index is 9.42. The lowest BCUT2D eigenvalue weighted by atomic mass is 10.0. The second-order valence-corrected chi connectivity index (χ2v) is 4.17. The van der Waals surface area contributed by atoms with E-state index in [4.69, 9.17) is 0 Å². The summed E-state index contributed by atoms with van der Waals surface area (Å²) in [5.74, 6) is 0.321. The number of phenolic OH excluding ortho intramolecular Hbond substituents is 1. The molecular weight excluding hydrogens is 188 g/mol. The molecule has 3 nitrogen and oxygen atoms in total. The summed E-state index contributed by atoms with van der Waals surface area (Å²) >= 11 is 0. The van der Waals surface area contributed by atoms with Gasteiger partial charge in [-0.25, -0.2) is 0 Å². The summed E-state index contributed by atoms with van der Waals surface area (Å²) in [6.45, 7) is 3.19. The smallest absolute Gasteiger partial charge is 0.117 e. The van der Waals surface area contributed by atoms with Crippen molar-refractivity contribution in [2.75, 3.05) is 6.54 Å². The van der Waals surface area contributed by atoms with Gasteiger partial charge in [0.2, 0.25) is 0 Å². The van der Waals surface area contributed by atoms with E-state index in [1.807, 2.05) is 6.07 Å². The first-order valence-corrected chi connectivity index (χ1v) is 5.32. The molecule has 1 aromatic heterocycles. The molecule has 0 saturated heterocycles. The molecule has 1 aliphatic heterocycles. The van der Waals surface area contributed by atoms with E-state index in [-0.39, 0.29) is 0 Å². The molecule has 2 heterocycles. The molecule has 1 atom stereocenters. The highest BCUT2D eigenvalue weighted by Crippen LogP contribution is 2.31. The highest BCUT2D eigenvalue weighted by Gasteiger charge is 2.20. The van der Waals surface area contributed by atoms with Crippen molar-refractivity contribution in [2.45, 2.75) is 19.4 Å². The number of aromatic amines is 1. The molecule has 0 radical (unpaired) electrons. The first-order chi connectivity index (χ1) is 7.25. The van der Waals surface area contributed by atoms with E-state index in [0.29, 0.717) is 11.8 Å². The zero-order chi connectivity index (χ0) is 10.4.